The van der Waals surface area contributed by atoms with Gasteiger partial charge in [0.2, 0.25) is 0 Å². The highest BCUT2D eigenvalue weighted by Gasteiger charge is 2.12. The van der Waals surface area contributed by atoms with E-state index in [1.54, 1.807) is 0 Å². The minimum atomic E-state index is -0.0131. The molecule has 1 aromatic carbocycles. The molecule has 0 amide bonds. The van der Waals surface area contributed by atoms with Gasteiger partial charge in [0, 0.05) is 24.5 Å². The molecule has 20 heavy (non-hydrogen) atoms. The zero-order valence-electron chi connectivity index (χ0n) is 12.6. The zero-order valence-corrected chi connectivity index (χ0v) is 12.6. The Labute approximate surface area is 121 Å². The summed E-state index contributed by atoms with van der Waals surface area (Å²) in [5.41, 5.74) is 5.03. The summed E-state index contributed by atoms with van der Waals surface area (Å²) in [5.74, 6) is 0. The molecule has 1 aromatic heterocycles. The summed E-state index contributed by atoms with van der Waals surface area (Å²) in [4.78, 5) is 0. The summed E-state index contributed by atoms with van der Waals surface area (Å²) in [5, 5.41) is 13.0. The summed E-state index contributed by atoms with van der Waals surface area (Å²) >= 11 is 0. The topological polar surface area (TPSA) is 37.2 Å². The molecular formula is C17H24N2O. The first-order valence-corrected chi connectivity index (χ1v) is 7.22. The summed E-state index contributed by atoms with van der Waals surface area (Å²) in [7, 11) is 0. The molecule has 2 rings (SSSR count). The average molecular weight is 272 g/mol. The smallest absolute Gasteiger partial charge is 0.0626 e. The highest BCUT2D eigenvalue weighted by Crippen LogP contribution is 2.17. The lowest BCUT2D eigenvalue weighted by Crippen LogP contribution is -2.24. The number of hydrogen-bond acceptors (Lipinski definition) is 2. The molecule has 2 N–H and O–H groups in total. The molecule has 0 aliphatic carbocycles. The Hall–Kier alpha value is -1.58. The SMILES string of the molecule is CCn1c(C)cc(CN[C@@H](CO)c2ccccc2)c1C. The first-order valence-electron chi connectivity index (χ1n) is 7.22. The molecule has 108 valence electrons. The number of nitrogens with one attached hydrogen (secondary N) is 1. The van der Waals surface area contributed by atoms with Crippen LogP contribution in [0.5, 0.6) is 0 Å². The minimum absolute atomic E-state index is 0.0131. The van der Waals surface area contributed by atoms with Gasteiger partial charge in [-0.15, -0.1) is 0 Å². The standard InChI is InChI=1S/C17H24N2O/c1-4-19-13(2)10-16(14(19)3)11-18-17(12-20)15-8-6-5-7-9-15/h5-10,17-18,20H,4,11-12H2,1-3H3/t17-/m0/s1. The van der Waals surface area contributed by atoms with Crippen LogP contribution in [-0.2, 0) is 13.1 Å². The highest BCUT2D eigenvalue weighted by atomic mass is 16.3. The average Bonchev–Trinajstić information content (AvgIpc) is 2.75. The molecule has 0 aliphatic heterocycles. The predicted octanol–water partition coefficient (Wildman–Crippen LogP) is 2.95. The maximum absolute atomic E-state index is 9.57. The van der Waals surface area contributed by atoms with E-state index in [9.17, 15) is 5.11 Å². The predicted molar refractivity (Wildman–Crippen MR) is 82.7 cm³/mol. The van der Waals surface area contributed by atoms with Gasteiger partial charge in [-0.1, -0.05) is 30.3 Å². The zero-order chi connectivity index (χ0) is 14.5. The highest BCUT2D eigenvalue weighted by molar-refractivity contribution is 5.27. The first kappa shape index (κ1) is 14.8. The normalized spacial score (nSPS) is 12.6. The Bertz CT molecular complexity index is 546. The van der Waals surface area contributed by atoms with Gasteiger partial charge >= 0.3 is 0 Å². The number of rotatable bonds is 6. The molecule has 3 nitrogen and oxygen atoms in total. The van der Waals surface area contributed by atoms with Crippen molar-refractivity contribution in [3.63, 3.8) is 0 Å². The summed E-state index contributed by atoms with van der Waals surface area (Å²) in [6.45, 7) is 8.35. The quantitative estimate of drug-likeness (QED) is 0.848. The van der Waals surface area contributed by atoms with Crippen molar-refractivity contribution >= 4 is 0 Å². The van der Waals surface area contributed by atoms with Crippen molar-refractivity contribution in [2.24, 2.45) is 0 Å². The van der Waals surface area contributed by atoms with Gasteiger partial charge in [-0.25, -0.2) is 0 Å². The van der Waals surface area contributed by atoms with Crippen molar-refractivity contribution in [2.75, 3.05) is 6.61 Å². The van der Waals surface area contributed by atoms with Gasteiger partial charge in [-0.2, -0.15) is 0 Å². The lowest BCUT2D eigenvalue weighted by Gasteiger charge is -2.17. The van der Waals surface area contributed by atoms with E-state index in [1.807, 2.05) is 30.3 Å². The fraction of sp³-hybridized carbons (Fsp3) is 0.412. The lowest BCUT2D eigenvalue weighted by molar-refractivity contribution is 0.243. The number of aryl methyl sites for hydroxylation is 1. The van der Waals surface area contributed by atoms with Gasteiger partial charge < -0.3 is 15.0 Å². The van der Waals surface area contributed by atoms with Crippen LogP contribution in [0.4, 0.5) is 0 Å². The molecule has 2 aromatic rings. The largest absolute Gasteiger partial charge is 0.394 e. The first-order chi connectivity index (χ1) is 9.67. The summed E-state index contributed by atoms with van der Waals surface area (Å²) in [6.07, 6.45) is 0. The van der Waals surface area contributed by atoms with Crippen LogP contribution >= 0.6 is 0 Å². The van der Waals surface area contributed by atoms with Gasteiger partial charge in [-0.3, -0.25) is 0 Å². The Morgan fingerprint density at radius 2 is 1.90 bits per heavy atom. The Morgan fingerprint density at radius 3 is 2.45 bits per heavy atom. The minimum Gasteiger partial charge on any atom is -0.394 e. The Kier molecular flexibility index (Phi) is 4.99. The van der Waals surface area contributed by atoms with Gasteiger partial charge in [0.25, 0.3) is 0 Å². The molecule has 0 radical (unpaired) electrons. The molecule has 3 heteroatoms. The third kappa shape index (κ3) is 3.11. The lowest BCUT2D eigenvalue weighted by atomic mass is 10.1. The van der Waals surface area contributed by atoms with E-state index >= 15 is 0 Å². The van der Waals surface area contributed by atoms with E-state index < -0.39 is 0 Å². The number of aliphatic hydroxyl groups is 1. The number of aliphatic hydroxyl groups excluding tert-OH is 1. The third-order valence-corrected chi connectivity index (χ3v) is 3.92. The van der Waals surface area contributed by atoms with Crippen LogP contribution in [-0.4, -0.2) is 16.3 Å². The van der Waals surface area contributed by atoms with Crippen LogP contribution < -0.4 is 5.32 Å². The van der Waals surface area contributed by atoms with Gasteiger partial charge in [0.05, 0.1) is 12.6 Å². The maximum Gasteiger partial charge on any atom is 0.0626 e. The van der Waals surface area contributed by atoms with E-state index in [0.29, 0.717) is 0 Å². The van der Waals surface area contributed by atoms with E-state index in [4.69, 9.17) is 0 Å². The van der Waals surface area contributed by atoms with Crippen molar-refractivity contribution in [3.8, 4) is 0 Å². The van der Waals surface area contributed by atoms with E-state index in [1.165, 1.54) is 17.0 Å². The maximum atomic E-state index is 9.57. The van der Waals surface area contributed by atoms with Crippen LogP contribution in [0.1, 0.15) is 35.5 Å². The fourth-order valence-corrected chi connectivity index (χ4v) is 2.74. The molecule has 0 saturated heterocycles. The number of aromatic nitrogens is 1. The van der Waals surface area contributed by atoms with Crippen molar-refractivity contribution in [1.29, 1.82) is 0 Å². The molecule has 0 fully saturated rings. The van der Waals surface area contributed by atoms with Crippen LogP contribution in [0.2, 0.25) is 0 Å². The molecule has 0 saturated carbocycles. The van der Waals surface area contributed by atoms with Crippen LogP contribution in [0, 0.1) is 13.8 Å². The van der Waals surface area contributed by atoms with Crippen molar-refractivity contribution in [1.82, 2.24) is 9.88 Å². The van der Waals surface area contributed by atoms with Crippen molar-refractivity contribution in [3.05, 3.63) is 58.9 Å². The molecule has 0 spiro atoms. The number of nitrogens with zero attached hydrogens (tertiary/aromatic N) is 1. The Morgan fingerprint density at radius 1 is 1.20 bits per heavy atom. The number of benzene rings is 1. The molecule has 1 heterocycles. The fourth-order valence-electron chi connectivity index (χ4n) is 2.74. The molecule has 0 aliphatic rings. The third-order valence-electron chi connectivity index (χ3n) is 3.92. The molecule has 0 unspecified atom stereocenters. The van der Waals surface area contributed by atoms with E-state index in [2.05, 4.69) is 36.7 Å². The van der Waals surface area contributed by atoms with Crippen molar-refractivity contribution in [2.45, 2.75) is 39.9 Å². The summed E-state index contributed by atoms with van der Waals surface area (Å²) in [6, 6.07) is 12.3. The van der Waals surface area contributed by atoms with E-state index in [0.717, 1.165) is 18.7 Å². The van der Waals surface area contributed by atoms with Crippen LogP contribution in [0.25, 0.3) is 0 Å². The molecule has 0 bridgehead atoms. The second-order valence-electron chi connectivity index (χ2n) is 5.17. The monoisotopic (exact) mass is 272 g/mol. The second-order valence-corrected chi connectivity index (χ2v) is 5.17. The molecule has 1 atom stereocenters. The Balaban J connectivity index is 2.08. The van der Waals surface area contributed by atoms with Gasteiger partial charge in [-0.05, 0) is 38.0 Å². The summed E-state index contributed by atoms with van der Waals surface area (Å²) < 4.78 is 2.31. The second kappa shape index (κ2) is 6.73. The van der Waals surface area contributed by atoms with Crippen molar-refractivity contribution < 1.29 is 5.11 Å². The molecular weight excluding hydrogens is 248 g/mol. The van der Waals surface area contributed by atoms with Gasteiger partial charge in [0.15, 0.2) is 0 Å². The van der Waals surface area contributed by atoms with E-state index in [-0.39, 0.29) is 12.6 Å². The van der Waals surface area contributed by atoms with Crippen LogP contribution in [0.3, 0.4) is 0 Å². The number of hydrogen-bond donors (Lipinski definition) is 2. The van der Waals surface area contributed by atoms with Crippen LogP contribution in [0.15, 0.2) is 36.4 Å². The van der Waals surface area contributed by atoms with Gasteiger partial charge in [0.1, 0.15) is 0 Å².